The fourth-order valence-corrected chi connectivity index (χ4v) is 5.03. The average Bonchev–Trinajstić information content (AvgIpc) is 2.70. The Morgan fingerprint density at radius 2 is 1.79 bits per heavy atom. The molecule has 3 rings (SSSR count). The maximum Gasteiger partial charge on any atom is 0.258 e. The Balaban J connectivity index is 1.79. The first-order chi connectivity index (χ1) is 13.8. The first-order valence-corrected chi connectivity index (χ1v) is 11.5. The zero-order valence-corrected chi connectivity index (χ0v) is 17.6. The second kappa shape index (κ2) is 9.05. The number of carbonyl (C=O) groups is 1. The Bertz CT molecular complexity index is 974. The van der Waals surface area contributed by atoms with E-state index < -0.39 is 21.7 Å². The molecule has 1 fully saturated rings. The van der Waals surface area contributed by atoms with Crippen LogP contribution in [0.15, 0.2) is 47.4 Å². The topological polar surface area (TPSA) is 75.3 Å². The monoisotopic (exact) mass is 418 g/mol. The van der Waals surface area contributed by atoms with Crippen LogP contribution in [0.2, 0.25) is 0 Å². The number of hydrogen-bond acceptors (Lipinski definition) is 3. The molecule has 0 radical (unpaired) electrons. The lowest BCUT2D eigenvalue weighted by Gasteiger charge is -2.29. The van der Waals surface area contributed by atoms with E-state index in [0.29, 0.717) is 5.69 Å². The zero-order valence-electron chi connectivity index (χ0n) is 16.7. The molecule has 2 aromatic carbocycles. The van der Waals surface area contributed by atoms with E-state index in [1.807, 2.05) is 26.0 Å². The number of sulfonamides is 1. The van der Waals surface area contributed by atoms with E-state index in [0.717, 1.165) is 49.8 Å². The molecule has 1 aliphatic carbocycles. The molecule has 1 aliphatic rings. The summed E-state index contributed by atoms with van der Waals surface area (Å²) in [7, 11) is -3.84. The second-order valence-corrected chi connectivity index (χ2v) is 9.35. The highest BCUT2D eigenvalue weighted by molar-refractivity contribution is 7.89. The Labute approximate surface area is 171 Å². The third kappa shape index (κ3) is 5.22. The molecule has 0 unspecified atom stereocenters. The van der Waals surface area contributed by atoms with Crippen LogP contribution in [0, 0.1) is 11.7 Å². The molecule has 156 valence electrons. The van der Waals surface area contributed by atoms with Crippen LogP contribution >= 0.6 is 0 Å². The SMILES string of the molecule is CCc1ccc(NC(=O)c2cc(S(=O)(=O)N[C@@H]3CCCC[C@H]3C)ccc2F)cc1. The minimum absolute atomic E-state index is 0.108. The molecule has 2 atom stereocenters. The summed E-state index contributed by atoms with van der Waals surface area (Å²) in [6.45, 7) is 4.05. The molecule has 0 aromatic heterocycles. The molecule has 0 saturated heterocycles. The summed E-state index contributed by atoms with van der Waals surface area (Å²) in [5.74, 6) is -1.21. The van der Waals surface area contributed by atoms with E-state index in [1.54, 1.807) is 12.1 Å². The predicted molar refractivity (Wildman–Crippen MR) is 112 cm³/mol. The molecule has 0 bridgehead atoms. The summed E-state index contributed by atoms with van der Waals surface area (Å²) in [5.41, 5.74) is 1.34. The van der Waals surface area contributed by atoms with Gasteiger partial charge in [0, 0.05) is 11.7 Å². The van der Waals surface area contributed by atoms with Crippen molar-refractivity contribution in [1.29, 1.82) is 0 Å². The van der Waals surface area contributed by atoms with Crippen LogP contribution in [0.1, 0.15) is 55.5 Å². The van der Waals surface area contributed by atoms with Gasteiger partial charge < -0.3 is 5.32 Å². The number of anilines is 1. The highest BCUT2D eigenvalue weighted by atomic mass is 32.2. The van der Waals surface area contributed by atoms with E-state index in [4.69, 9.17) is 0 Å². The maximum atomic E-state index is 14.3. The fraction of sp³-hybridized carbons (Fsp3) is 0.409. The molecule has 0 spiro atoms. The summed E-state index contributed by atoms with van der Waals surface area (Å²) in [6.07, 6.45) is 4.70. The second-order valence-electron chi connectivity index (χ2n) is 7.64. The number of nitrogens with one attached hydrogen (secondary N) is 2. The van der Waals surface area contributed by atoms with Crippen LogP contribution in [-0.2, 0) is 16.4 Å². The summed E-state index contributed by atoms with van der Waals surface area (Å²) in [5, 5.41) is 2.62. The smallest absolute Gasteiger partial charge is 0.258 e. The summed E-state index contributed by atoms with van der Waals surface area (Å²) < 4.78 is 42.6. The van der Waals surface area contributed by atoms with Crippen molar-refractivity contribution in [3.05, 3.63) is 59.4 Å². The van der Waals surface area contributed by atoms with Crippen molar-refractivity contribution in [3.8, 4) is 0 Å². The molecule has 29 heavy (non-hydrogen) atoms. The highest BCUT2D eigenvalue weighted by Crippen LogP contribution is 2.26. The Morgan fingerprint density at radius 3 is 2.45 bits per heavy atom. The van der Waals surface area contributed by atoms with E-state index in [1.165, 1.54) is 6.07 Å². The lowest BCUT2D eigenvalue weighted by molar-refractivity contribution is 0.102. The van der Waals surface area contributed by atoms with Gasteiger partial charge in [0.2, 0.25) is 10.0 Å². The molecular formula is C22H27FN2O3S. The quantitative estimate of drug-likeness (QED) is 0.725. The van der Waals surface area contributed by atoms with Crippen LogP contribution in [0.3, 0.4) is 0 Å². The number of carbonyl (C=O) groups excluding carboxylic acids is 1. The minimum atomic E-state index is -3.84. The van der Waals surface area contributed by atoms with Crippen molar-refractivity contribution >= 4 is 21.6 Å². The van der Waals surface area contributed by atoms with Gasteiger partial charge in [-0.2, -0.15) is 0 Å². The van der Waals surface area contributed by atoms with E-state index in [-0.39, 0.29) is 22.4 Å². The van der Waals surface area contributed by atoms with Crippen molar-refractivity contribution < 1.29 is 17.6 Å². The summed E-state index contributed by atoms with van der Waals surface area (Å²) >= 11 is 0. The number of aryl methyl sites for hydroxylation is 1. The van der Waals surface area contributed by atoms with E-state index in [9.17, 15) is 17.6 Å². The Hall–Kier alpha value is -2.25. The zero-order chi connectivity index (χ0) is 21.0. The minimum Gasteiger partial charge on any atom is -0.322 e. The molecular weight excluding hydrogens is 391 g/mol. The molecule has 0 heterocycles. The normalized spacial score (nSPS) is 19.7. The van der Waals surface area contributed by atoms with Crippen LogP contribution in [0.25, 0.3) is 0 Å². The van der Waals surface area contributed by atoms with Gasteiger partial charge in [-0.3, -0.25) is 4.79 Å². The van der Waals surface area contributed by atoms with Crippen LogP contribution < -0.4 is 10.0 Å². The van der Waals surface area contributed by atoms with Crippen LogP contribution in [0.5, 0.6) is 0 Å². The van der Waals surface area contributed by atoms with Crippen LogP contribution in [-0.4, -0.2) is 20.4 Å². The van der Waals surface area contributed by atoms with Gasteiger partial charge in [0.1, 0.15) is 5.82 Å². The third-order valence-electron chi connectivity index (χ3n) is 5.53. The van der Waals surface area contributed by atoms with Crippen molar-refractivity contribution in [2.45, 2.75) is 56.9 Å². The van der Waals surface area contributed by atoms with E-state index in [2.05, 4.69) is 10.0 Å². The number of rotatable bonds is 6. The van der Waals surface area contributed by atoms with Gasteiger partial charge in [-0.1, -0.05) is 38.8 Å². The maximum absolute atomic E-state index is 14.3. The average molecular weight is 419 g/mol. The van der Waals surface area contributed by atoms with Gasteiger partial charge in [0.15, 0.2) is 0 Å². The third-order valence-corrected chi connectivity index (χ3v) is 7.02. The number of amides is 1. The first kappa shape index (κ1) is 21.5. The predicted octanol–water partition coefficient (Wildman–Crippen LogP) is 4.50. The Kier molecular flexibility index (Phi) is 6.70. The molecule has 2 N–H and O–H groups in total. The van der Waals surface area contributed by atoms with Gasteiger partial charge in [0.25, 0.3) is 5.91 Å². The van der Waals surface area contributed by atoms with Crippen molar-refractivity contribution in [2.75, 3.05) is 5.32 Å². The summed E-state index contributed by atoms with van der Waals surface area (Å²) in [6, 6.07) is 10.4. The first-order valence-electron chi connectivity index (χ1n) is 10.0. The molecule has 1 saturated carbocycles. The number of halogens is 1. The fourth-order valence-electron chi connectivity index (χ4n) is 3.63. The van der Waals surface area contributed by atoms with E-state index >= 15 is 0 Å². The van der Waals surface area contributed by atoms with Crippen molar-refractivity contribution in [1.82, 2.24) is 4.72 Å². The Morgan fingerprint density at radius 1 is 1.10 bits per heavy atom. The van der Waals surface area contributed by atoms with Crippen molar-refractivity contribution in [2.24, 2.45) is 5.92 Å². The van der Waals surface area contributed by atoms with Gasteiger partial charge in [-0.15, -0.1) is 0 Å². The van der Waals surface area contributed by atoms with Gasteiger partial charge in [0.05, 0.1) is 10.5 Å². The molecule has 5 nitrogen and oxygen atoms in total. The van der Waals surface area contributed by atoms with Crippen molar-refractivity contribution in [3.63, 3.8) is 0 Å². The van der Waals surface area contributed by atoms with Gasteiger partial charge in [-0.05, 0) is 61.1 Å². The number of benzene rings is 2. The van der Waals surface area contributed by atoms with Gasteiger partial charge in [-0.25, -0.2) is 17.5 Å². The lowest BCUT2D eigenvalue weighted by atomic mass is 9.87. The van der Waals surface area contributed by atoms with Crippen LogP contribution in [0.4, 0.5) is 10.1 Å². The molecule has 7 heteroatoms. The molecule has 1 amide bonds. The van der Waals surface area contributed by atoms with Gasteiger partial charge >= 0.3 is 0 Å². The molecule has 0 aliphatic heterocycles. The standard InChI is InChI=1S/C22H27FN2O3S/c1-3-16-8-10-17(11-9-16)24-22(26)19-14-18(12-13-20(19)23)29(27,28)25-21-7-5-4-6-15(21)2/h8-15,21,25H,3-7H2,1-2H3,(H,24,26)/t15-,21-/m1/s1. The molecule has 2 aromatic rings. The highest BCUT2D eigenvalue weighted by Gasteiger charge is 2.27. The lowest BCUT2D eigenvalue weighted by Crippen LogP contribution is -2.41. The summed E-state index contributed by atoms with van der Waals surface area (Å²) in [4.78, 5) is 12.4. The largest absolute Gasteiger partial charge is 0.322 e. The number of hydrogen-bond donors (Lipinski definition) is 2.